The Kier molecular flexibility index (Phi) is 4.66. The Hall–Kier alpha value is -1.71. The molecule has 0 heterocycles. The molecule has 1 aliphatic carbocycles. The SMILES string of the molecule is CC(=NNC(=O)C1CCCCC1)c1ccc(F)cc1. The van der Waals surface area contributed by atoms with Crippen molar-refractivity contribution in [2.45, 2.75) is 39.0 Å². The normalized spacial score (nSPS) is 17.3. The standard InChI is InChI=1S/C15H19FN2O/c1-11(12-7-9-14(16)10-8-12)17-18-15(19)13-5-3-2-4-6-13/h7-10,13H,2-6H2,1H3,(H,18,19). The van der Waals surface area contributed by atoms with Crippen molar-refractivity contribution in [3.8, 4) is 0 Å². The van der Waals surface area contributed by atoms with E-state index in [1.165, 1.54) is 18.6 Å². The number of amides is 1. The van der Waals surface area contributed by atoms with Crippen molar-refractivity contribution in [3.63, 3.8) is 0 Å². The second-order valence-corrected chi connectivity index (χ2v) is 5.02. The highest BCUT2D eigenvalue weighted by atomic mass is 19.1. The summed E-state index contributed by atoms with van der Waals surface area (Å²) in [5.74, 6) is -0.178. The van der Waals surface area contributed by atoms with Crippen LogP contribution in [0.25, 0.3) is 0 Å². The van der Waals surface area contributed by atoms with Crippen molar-refractivity contribution in [2.24, 2.45) is 11.0 Å². The van der Waals surface area contributed by atoms with Gasteiger partial charge in [0.1, 0.15) is 5.82 Å². The monoisotopic (exact) mass is 262 g/mol. The molecule has 0 aromatic heterocycles. The number of carbonyl (C=O) groups excluding carboxylic acids is 1. The third-order valence-electron chi connectivity index (χ3n) is 3.57. The summed E-state index contributed by atoms with van der Waals surface area (Å²) in [4.78, 5) is 11.9. The molecule has 2 rings (SSSR count). The molecule has 1 saturated carbocycles. The summed E-state index contributed by atoms with van der Waals surface area (Å²) in [6.45, 7) is 1.80. The zero-order valence-electron chi connectivity index (χ0n) is 11.2. The molecule has 1 aromatic carbocycles. The lowest BCUT2D eigenvalue weighted by molar-refractivity contribution is -0.125. The van der Waals surface area contributed by atoms with Crippen LogP contribution in [-0.2, 0) is 4.79 Å². The zero-order valence-corrected chi connectivity index (χ0v) is 11.2. The molecule has 3 nitrogen and oxygen atoms in total. The molecule has 102 valence electrons. The van der Waals surface area contributed by atoms with Gasteiger partial charge in [-0.25, -0.2) is 9.82 Å². The largest absolute Gasteiger partial charge is 0.273 e. The van der Waals surface area contributed by atoms with E-state index in [4.69, 9.17) is 0 Å². The first kappa shape index (κ1) is 13.7. The number of carbonyl (C=O) groups is 1. The van der Waals surface area contributed by atoms with Crippen LogP contribution in [0.2, 0.25) is 0 Å². The molecule has 1 aromatic rings. The number of benzene rings is 1. The van der Waals surface area contributed by atoms with Crippen molar-refractivity contribution in [3.05, 3.63) is 35.6 Å². The van der Waals surface area contributed by atoms with Crippen LogP contribution in [0.1, 0.15) is 44.6 Å². The van der Waals surface area contributed by atoms with Gasteiger partial charge >= 0.3 is 0 Å². The van der Waals surface area contributed by atoms with Crippen molar-refractivity contribution in [1.82, 2.24) is 5.43 Å². The fourth-order valence-corrected chi connectivity index (χ4v) is 2.35. The van der Waals surface area contributed by atoms with Gasteiger partial charge in [0.2, 0.25) is 5.91 Å². The molecule has 0 spiro atoms. The average molecular weight is 262 g/mol. The average Bonchev–Trinajstić information content (AvgIpc) is 2.46. The number of rotatable bonds is 3. The Labute approximate surface area is 112 Å². The highest BCUT2D eigenvalue weighted by Gasteiger charge is 2.20. The summed E-state index contributed by atoms with van der Waals surface area (Å²) in [5.41, 5.74) is 4.12. The van der Waals surface area contributed by atoms with Crippen LogP contribution in [0.4, 0.5) is 4.39 Å². The second kappa shape index (κ2) is 6.45. The van der Waals surface area contributed by atoms with Crippen molar-refractivity contribution in [2.75, 3.05) is 0 Å². The molecule has 0 aliphatic heterocycles. The molecule has 0 atom stereocenters. The van der Waals surface area contributed by atoms with Crippen LogP contribution in [-0.4, -0.2) is 11.6 Å². The predicted octanol–water partition coefficient (Wildman–Crippen LogP) is 3.25. The number of hydrogen-bond donors (Lipinski definition) is 1. The number of nitrogens with zero attached hydrogens (tertiary/aromatic N) is 1. The van der Waals surface area contributed by atoms with E-state index in [1.807, 2.05) is 0 Å². The number of halogens is 1. The lowest BCUT2D eigenvalue weighted by Crippen LogP contribution is -2.29. The van der Waals surface area contributed by atoms with Gasteiger partial charge in [0.25, 0.3) is 0 Å². The quantitative estimate of drug-likeness (QED) is 0.659. The summed E-state index contributed by atoms with van der Waals surface area (Å²) in [7, 11) is 0. The summed E-state index contributed by atoms with van der Waals surface area (Å²) < 4.78 is 12.8. The summed E-state index contributed by atoms with van der Waals surface area (Å²) in [5, 5.41) is 4.09. The third-order valence-corrected chi connectivity index (χ3v) is 3.57. The van der Waals surface area contributed by atoms with E-state index in [2.05, 4.69) is 10.5 Å². The molecule has 1 amide bonds. The molecule has 0 radical (unpaired) electrons. The number of hydrogen-bond acceptors (Lipinski definition) is 2. The molecule has 4 heteroatoms. The minimum Gasteiger partial charge on any atom is -0.273 e. The van der Waals surface area contributed by atoms with Crippen LogP contribution in [0.15, 0.2) is 29.4 Å². The molecule has 0 saturated heterocycles. The number of nitrogens with one attached hydrogen (secondary N) is 1. The van der Waals surface area contributed by atoms with Gasteiger partial charge in [0.05, 0.1) is 5.71 Å². The number of hydrazone groups is 1. The second-order valence-electron chi connectivity index (χ2n) is 5.02. The van der Waals surface area contributed by atoms with Crippen LogP contribution in [0.5, 0.6) is 0 Å². The van der Waals surface area contributed by atoms with Crippen LogP contribution < -0.4 is 5.43 Å². The van der Waals surface area contributed by atoms with E-state index in [-0.39, 0.29) is 17.6 Å². The maximum absolute atomic E-state index is 12.8. The first-order chi connectivity index (χ1) is 9.16. The molecule has 1 fully saturated rings. The molecule has 1 N–H and O–H groups in total. The van der Waals surface area contributed by atoms with E-state index >= 15 is 0 Å². The third kappa shape index (κ3) is 3.88. The molecular formula is C15H19FN2O. The van der Waals surface area contributed by atoms with E-state index < -0.39 is 0 Å². The van der Waals surface area contributed by atoms with Gasteiger partial charge in [-0.15, -0.1) is 0 Å². The highest BCUT2D eigenvalue weighted by molar-refractivity contribution is 5.99. The minimum absolute atomic E-state index is 0.00108. The van der Waals surface area contributed by atoms with Crippen LogP contribution >= 0.6 is 0 Å². The minimum atomic E-state index is -0.275. The maximum Gasteiger partial charge on any atom is 0.243 e. The lowest BCUT2D eigenvalue weighted by Gasteiger charge is -2.19. The van der Waals surface area contributed by atoms with E-state index in [0.29, 0.717) is 5.71 Å². The highest BCUT2D eigenvalue weighted by Crippen LogP contribution is 2.23. The van der Waals surface area contributed by atoms with E-state index in [9.17, 15) is 9.18 Å². The first-order valence-electron chi connectivity index (χ1n) is 6.77. The van der Waals surface area contributed by atoms with Gasteiger partial charge in [0, 0.05) is 5.92 Å². The molecule has 0 unspecified atom stereocenters. The smallest absolute Gasteiger partial charge is 0.243 e. The summed E-state index contributed by atoms with van der Waals surface area (Å²) in [6.07, 6.45) is 5.38. The van der Waals surface area contributed by atoms with Crippen molar-refractivity contribution < 1.29 is 9.18 Å². The van der Waals surface area contributed by atoms with Gasteiger partial charge in [-0.2, -0.15) is 5.10 Å². The predicted molar refractivity (Wildman–Crippen MR) is 73.3 cm³/mol. The van der Waals surface area contributed by atoms with E-state index in [0.717, 1.165) is 31.2 Å². The Morgan fingerprint density at radius 3 is 2.47 bits per heavy atom. The Morgan fingerprint density at radius 2 is 1.84 bits per heavy atom. The topological polar surface area (TPSA) is 41.5 Å². The fraction of sp³-hybridized carbons (Fsp3) is 0.467. The van der Waals surface area contributed by atoms with Crippen molar-refractivity contribution >= 4 is 11.6 Å². The molecule has 0 bridgehead atoms. The van der Waals surface area contributed by atoms with Gasteiger partial charge < -0.3 is 0 Å². The van der Waals surface area contributed by atoms with E-state index in [1.54, 1.807) is 19.1 Å². The van der Waals surface area contributed by atoms with Gasteiger partial charge in [-0.05, 0) is 37.5 Å². The lowest BCUT2D eigenvalue weighted by atomic mass is 9.89. The molecule has 19 heavy (non-hydrogen) atoms. The van der Waals surface area contributed by atoms with Gasteiger partial charge in [-0.1, -0.05) is 31.4 Å². The zero-order chi connectivity index (χ0) is 13.7. The Balaban J connectivity index is 1.93. The summed E-state index contributed by atoms with van der Waals surface area (Å²) in [6, 6.07) is 6.08. The Morgan fingerprint density at radius 1 is 1.21 bits per heavy atom. The van der Waals surface area contributed by atoms with Gasteiger partial charge in [0.15, 0.2) is 0 Å². The summed E-state index contributed by atoms with van der Waals surface area (Å²) >= 11 is 0. The van der Waals surface area contributed by atoms with Crippen LogP contribution in [0, 0.1) is 11.7 Å². The van der Waals surface area contributed by atoms with Gasteiger partial charge in [-0.3, -0.25) is 4.79 Å². The van der Waals surface area contributed by atoms with Crippen molar-refractivity contribution in [1.29, 1.82) is 0 Å². The first-order valence-corrected chi connectivity index (χ1v) is 6.77. The molecule has 1 aliphatic rings. The fourth-order valence-electron chi connectivity index (χ4n) is 2.35. The molecular weight excluding hydrogens is 243 g/mol. The van der Waals surface area contributed by atoms with Crippen LogP contribution in [0.3, 0.4) is 0 Å². The Bertz CT molecular complexity index is 462. The maximum atomic E-state index is 12.8.